The normalized spacial score (nSPS) is 13.5. The van der Waals surface area contributed by atoms with Crippen LogP contribution in [0.15, 0.2) is 50.0 Å². The summed E-state index contributed by atoms with van der Waals surface area (Å²) < 4.78 is 16.8. The molecular weight excluding hydrogens is 386 g/mol. The molecule has 2 amide bonds. The first-order valence-electron chi connectivity index (χ1n) is 9.39. The van der Waals surface area contributed by atoms with Gasteiger partial charge >= 0.3 is 5.63 Å². The van der Waals surface area contributed by atoms with E-state index in [0.29, 0.717) is 50.1 Å². The van der Waals surface area contributed by atoms with Crippen molar-refractivity contribution in [2.75, 3.05) is 7.11 Å². The number of benzene rings is 2. The molecule has 2 aromatic heterocycles. The van der Waals surface area contributed by atoms with Crippen molar-refractivity contribution in [2.45, 2.75) is 20.4 Å². The van der Waals surface area contributed by atoms with Gasteiger partial charge in [-0.2, -0.15) is 0 Å². The molecule has 7 heteroatoms. The van der Waals surface area contributed by atoms with Crippen LogP contribution in [-0.4, -0.2) is 23.8 Å². The molecule has 1 aliphatic heterocycles. The van der Waals surface area contributed by atoms with Crippen LogP contribution in [-0.2, 0) is 6.54 Å². The van der Waals surface area contributed by atoms with Gasteiger partial charge in [-0.25, -0.2) is 4.79 Å². The van der Waals surface area contributed by atoms with Crippen LogP contribution in [0.3, 0.4) is 0 Å². The first-order chi connectivity index (χ1) is 14.4. The number of aryl methyl sites for hydroxylation is 2. The number of carbonyl (C=O) groups is 2. The molecule has 3 heterocycles. The van der Waals surface area contributed by atoms with Crippen molar-refractivity contribution in [3.63, 3.8) is 0 Å². The van der Waals surface area contributed by atoms with Crippen molar-refractivity contribution in [3.05, 3.63) is 74.8 Å². The van der Waals surface area contributed by atoms with Crippen molar-refractivity contribution >= 4 is 33.8 Å². The highest BCUT2D eigenvalue weighted by molar-refractivity contribution is 6.21. The number of ether oxygens (including phenoxy) is 1. The van der Waals surface area contributed by atoms with Crippen molar-refractivity contribution in [2.24, 2.45) is 0 Å². The predicted octanol–water partition coefficient (Wildman–Crippen LogP) is 3.96. The Bertz CT molecular complexity index is 1410. The quantitative estimate of drug-likeness (QED) is 0.380. The third kappa shape index (κ3) is 2.41. The largest absolute Gasteiger partial charge is 0.490 e. The monoisotopic (exact) mass is 403 g/mol. The Morgan fingerprint density at radius 3 is 2.17 bits per heavy atom. The lowest BCUT2D eigenvalue weighted by Crippen LogP contribution is -2.29. The van der Waals surface area contributed by atoms with E-state index in [-0.39, 0.29) is 18.4 Å². The first-order valence-corrected chi connectivity index (χ1v) is 9.39. The van der Waals surface area contributed by atoms with Crippen molar-refractivity contribution in [3.8, 4) is 5.75 Å². The molecule has 0 atom stereocenters. The average molecular weight is 403 g/mol. The molecule has 30 heavy (non-hydrogen) atoms. The molecule has 5 rings (SSSR count). The number of amides is 2. The Balaban J connectivity index is 1.70. The zero-order chi connectivity index (χ0) is 21.2. The average Bonchev–Trinajstić information content (AvgIpc) is 3.16. The molecule has 0 fully saturated rings. The lowest BCUT2D eigenvalue weighted by atomic mass is 10.0. The molecule has 0 saturated heterocycles. The maximum atomic E-state index is 12.8. The highest BCUT2D eigenvalue weighted by Crippen LogP contribution is 2.40. The fourth-order valence-electron chi connectivity index (χ4n) is 4.05. The van der Waals surface area contributed by atoms with E-state index in [1.807, 2.05) is 6.07 Å². The van der Waals surface area contributed by atoms with E-state index in [9.17, 15) is 14.4 Å². The lowest BCUT2D eigenvalue weighted by molar-refractivity contribution is 0.0642. The Morgan fingerprint density at radius 2 is 1.53 bits per heavy atom. The van der Waals surface area contributed by atoms with Gasteiger partial charge in [-0.1, -0.05) is 12.1 Å². The number of methoxy groups -OCH3 is 1. The summed E-state index contributed by atoms with van der Waals surface area (Å²) in [6.45, 7) is 3.64. The molecule has 2 aromatic carbocycles. The maximum Gasteiger partial charge on any atom is 0.336 e. The van der Waals surface area contributed by atoms with E-state index >= 15 is 0 Å². The van der Waals surface area contributed by atoms with Crippen molar-refractivity contribution in [1.82, 2.24) is 4.90 Å². The molecule has 4 aromatic rings. The Hall–Kier alpha value is -3.87. The van der Waals surface area contributed by atoms with Gasteiger partial charge in [-0.05, 0) is 37.6 Å². The second-order valence-electron chi connectivity index (χ2n) is 7.29. The molecule has 150 valence electrons. The minimum Gasteiger partial charge on any atom is -0.490 e. The van der Waals surface area contributed by atoms with E-state index < -0.39 is 5.63 Å². The van der Waals surface area contributed by atoms with Gasteiger partial charge in [-0.3, -0.25) is 14.5 Å². The molecule has 0 radical (unpaired) electrons. The third-order valence-corrected chi connectivity index (χ3v) is 5.56. The molecule has 0 aliphatic carbocycles. The highest BCUT2D eigenvalue weighted by Gasteiger charge is 2.36. The van der Waals surface area contributed by atoms with Crippen LogP contribution in [0, 0.1) is 13.8 Å². The van der Waals surface area contributed by atoms with Gasteiger partial charge in [-0.15, -0.1) is 0 Å². The number of furan rings is 1. The summed E-state index contributed by atoms with van der Waals surface area (Å²) in [4.78, 5) is 38.7. The van der Waals surface area contributed by atoms with E-state index in [2.05, 4.69) is 0 Å². The second kappa shape index (κ2) is 6.32. The summed E-state index contributed by atoms with van der Waals surface area (Å²) in [5, 5.41) is 1.40. The zero-order valence-electron chi connectivity index (χ0n) is 16.6. The van der Waals surface area contributed by atoms with Gasteiger partial charge in [0.25, 0.3) is 11.8 Å². The van der Waals surface area contributed by atoms with Crippen molar-refractivity contribution < 1.29 is 23.2 Å². The van der Waals surface area contributed by atoms with E-state index in [1.54, 1.807) is 38.1 Å². The summed E-state index contributed by atoms with van der Waals surface area (Å²) in [5.74, 6) is 0.189. The summed E-state index contributed by atoms with van der Waals surface area (Å²) in [6.07, 6.45) is 0. The predicted molar refractivity (Wildman–Crippen MR) is 109 cm³/mol. The van der Waals surface area contributed by atoms with Crippen LogP contribution in [0.5, 0.6) is 5.75 Å². The van der Waals surface area contributed by atoms with Crippen LogP contribution >= 0.6 is 0 Å². The standard InChI is InChI=1S/C23H17NO6/c1-11-8-18(25)30-19-15(11)9-16-17(12(2)29-20(16)21(19)28-3)10-24-22(26)13-6-4-5-7-14(13)23(24)27/h4-9H,10H2,1-3H3. The molecule has 7 nitrogen and oxygen atoms in total. The summed E-state index contributed by atoms with van der Waals surface area (Å²) >= 11 is 0. The van der Waals surface area contributed by atoms with Crippen LogP contribution in [0.4, 0.5) is 0 Å². The van der Waals surface area contributed by atoms with Gasteiger partial charge in [0.2, 0.25) is 5.75 Å². The fourth-order valence-corrected chi connectivity index (χ4v) is 4.05. The van der Waals surface area contributed by atoms with Gasteiger partial charge in [0.05, 0.1) is 24.8 Å². The third-order valence-electron chi connectivity index (χ3n) is 5.56. The number of hydrogen-bond donors (Lipinski definition) is 0. The van der Waals surface area contributed by atoms with Crippen LogP contribution < -0.4 is 10.4 Å². The Morgan fingerprint density at radius 1 is 0.900 bits per heavy atom. The maximum absolute atomic E-state index is 12.8. The highest BCUT2D eigenvalue weighted by atomic mass is 16.5. The van der Waals surface area contributed by atoms with Gasteiger partial charge in [0.1, 0.15) is 5.76 Å². The van der Waals surface area contributed by atoms with Gasteiger partial charge in [0.15, 0.2) is 11.2 Å². The molecular formula is C23H17NO6. The second-order valence-corrected chi connectivity index (χ2v) is 7.29. The van der Waals surface area contributed by atoms with Crippen LogP contribution in [0.1, 0.15) is 37.6 Å². The van der Waals surface area contributed by atoms with Crippen LogP contribution in [0.2, 0.25) is 0 Å². The molecule has 1 aliphatic rings. The minimum absolute atomic E-state index is 0.0651. The smallest absolute Gasteiger partial charge is 0.336 e. The number of hydrogen-bond acceptors (Lipinski definition) is 6. The summed E-state index contributed by atoms with van der Waals surface area (Å²) in [5.41, 5.74) is 2.45. The van der Waals surface area contributed by atoms with E-state index in [1.165, 1.54) is 18.1 Å². The molecule has 0 saturated carbocycles. The summed E-state index contributed by atoms with van der Waals surface area (Å²) in [7, 11) is 1.47. The SMILES string of the molecule is COc1c2oc(=O)cc(C)c2cc2c(CN3C(=O)c4ccccc4C3=O)c(C)oc12. The molecule has 0 spiro atoms. The lowest BCUT2D eigenvalue weighted by Gasteiger charge is -2.14. The fraction of sp³-hybridized carbons (Fsp3) is 0.174. The van der Waals surface area contributed by atoms with E-state index in [0.717, 1.165) is 5.56 Å². The number of fused-ring (bicyclic) bond motifs is 3. The molecule has 0 bridgehead atoms. The Kier molecular flexibility index (Phi) is 3.83. The van der Waals surface area contributed by atoms with E-state index in [4.69, 9.17) is 13.6 Å². The van der Waals surface area contributed by atoms with Crippen molar-refractivity contribution in [1.29, 1.82) is 0 Å². The van der Waals surface area contributed by atoms with Gasteiger partial charge < -0.3 is 13.6 Å². The Labute approximate surface area is 170 Å². The topological polar surface area (TPSA) is 90.0 Å². The molecule has 0 unspecified atom stereocenters. The molecule has 0 N–H and O–H groups in total. The number of carbonyl (C=O) groups excluding carboxylic acids is 2. The van der Waals surface area contributed by atoms with Gasteiger partial charge in [0, 0.05) is 22.4 Å². The number of rotatable bonds is 3. The number of nitrogens with zero attached hydrogens (tertiary/aromatic N) is 1. The number of imide groups is 1. The zero-order valence-corrected chi connectivity index (χ0v) is 16.6. The minimum atomic E-state index is -0.479. The first kappa shape index (κ1) is 18.2. The summed E-state index contributed by atoms with van der Waals surface area (Å²) in [6, 6.07) is 10.0. The van der Waals surface area contributed by atoms with Crippen LogP contribution in [0.25, 0.3) is 21.9 Å².